The Morgan fingerprint density at radius 3 is 0.793 bits per heavy atom. The van der Waals surface area contributed by atoms with Crippen molar-refractivity contribution in [3.8, 4) is 0 Å². The first-order valence-corrected chi connectivity index (χ1v) is 37.7. The molecule has 8 saturated carbocycles. The van der Waals surface area contributed by atoms with E-state index in [9.17, 15) is 19.2 Å². The fourth-order valence-electron chi connectivity index (χ4n) is 20.5. The van der Waals surface area contributed by atoms with Gasteiger partial charge in [0.2, 0.25) is 0 Å². The number of carbonyl (C=O) groups excluding carboxylic acids is 4. The molecule has 8 rings (SSSR count). The summed E-state index contributed by atoms with van der Waals surface area (Å²) in [7, 11) is 0. The molecule has 4 nitrogen and oxygen atoms in total. The Hall–Kier alpha value is -1.32. The molecule has 8 fully saturated rings. The second kappa shape index (κ2) is 38.8. The lowest BCUT2D eigenvalue weighted by Crippen LogP contribution is -2.32. The van der Waals surface area contributed by atoms with Crippen LogP contribution in [0.3, 0.4) is 0 Å². The molecule has 476 valence electrons. The first kappa shape index (κ1) is 71.4. The highest BCUT2D eigenvalue weighted by Crippen LogP contribution is 2.49. The lowest BCUT2D eigenvalue weighted by Gasteiger charge is -2.41. The van der Waals surface area contributed by atoms with Gasteiger partial charge in [-0.05, 0) is 269 Å². The van der Waals surface area contributed by atoms with Crippen molar-refractivity contribution in [3.63, 3.8) is 0 Å². The SMILES string of the molecule is CCCC(=O)C1CCC(C2CCC(CCC)CC2C)CC1.CCCC1CCC(C2CCC(C(=O)CC)CC2)C(C)C1.CCCC1CCC(C2CCC(C(C)=O)CC2)C(C)C1.CCCCC(=O)C1CCC(C2CCC(CCC)CC2C)CC1. The van der Waals surface area contributed by atoms with E-state index in [1.54, 1.807) is 6.92 Å². The molecule has 0 aromatic carbocycles. The van der Waals surface area contributed by atoms with Crippen molar-refractivity contribution in [1.29, 1.82) is 0 Å². The van der Waals surface area contributed by atoms with Crippen LogP contribution in [-0.4, -0.2) is 23.1 Å². The van der Waals surface area contributed by atoms with Crippen LogP contribution in [-0.2, 0) is 19.2 Å². The Bertz CT molecular complexity index is 1730. The van der Waals surface area contributed by atoms with Gasteiger partial charge in [0.15, 0.2) is 0 Å². The number of carbonyl (C=O) groups is 4. The maximum absolute atomic E-state index is 12.2. The zero-order chi connectivity index (χ0) is 59.6. The lowest BCUT2D eigenvalue weighted by atomic mass is 9.64. The summed E-state index contributed by atoms with van der Waals surface area (Å²) in [5.74, 6) is 18.9. The molecule has 0 bridgehead atoms. The maximum atomic E-state index is 12.2. The van der Waals surface area contributed by atoms with Crippen molar-refractivity contribution >= 4 is 23.1 Å². The Balaban J connectivity index is 0.000000201. The van der Waals surface area contributed by atoms with E-state index in [1.165, 1.54) is 231 Å². The van der Waals surface area contributed by atoms with Crippen LogP contribution in [0.2, 0.25) is 0 Å². The van der Waals surface area contributed by atoms with Crippen molar-refractivity contribution in [3.05, 3.63) is 0 Å². The first-order chi connectivity index (χ1) is 39.6. The van der Waals surface area contributed by atoms with Gasteiger partial charge in [0.1, 0.15) is 23.1 Å². The van der Waals surface area contributed by atoms with E-state index in [0.717, 1.165) is 133 Å². The Labute approximate surface area is 510 Å². The van der Waals surface area contributed by atoms with Crippen molar-refractivity contribution in [2.45, 2.75) is 353 Å². The van der Waals surface area contributed by atoms with Gasteiger partial charge < -0.3 is 0 Å². The molecule has 8 aliphatic carbocycles. The van der Waals surface area contributed by atoms with Gasteiger partial charge in [-0.3, -0.25) is 19.2 Å². The maximum Gasteiger partial charge on any atom is 0.135 e. The summed E-state index contributed by atoms with van der Waals surface area (Å²) in [6.07, 6.45) is 54.5. The molecule has 4 heteroatoms. The third-order valence-corrected chi connectivity index (χ3v) is 25.2. The van der Waals surface area contributed by atoms with Gasteiger partial charge in [-0.15, -0.1) is 0 Å². The van der Waals surface area contributed by atoms with Gasteiger partial charge in [-0.2, -0.15) is 0 Å². The van der Waals surface area contributed by atoms with Crippen LogP contribution in [0.25, 0.3) is 0 Å². The van der Waals surface area contributed by atoms with E-state index in [2.05, 4.69) is 69.2 Å². The Morgan fingerprint density at radius 2 is 0.561 bits per heavy atom. The molecule has 12 unspecified atom stereocenters. The summed E-state index contributed by atoms with van der Waals surface area (Å²) < 4.78 is 0. The molecule has 0 aliphatic heterocycles. The van der Waals surface area contributed by atoms with Crippen LogP contribution in [0, 0.1) is 118 Å². The molecule has 0 heterocycles. The summed E-state index contributed by atoms with van der Waals surface area (Å²) >= 11 is 0. The van der Waals surface area contributed by atoms with Crippen molar-refractivity contribution in [2.75, 3.05) is 0 Å². The monoisotopic (exact) mass is 1140 g/mol. The van der Waals surface area contributed by atoms with Crippen LogP contribution in [0.15, 0.2) is 0 Å². The van der Waals surface area contributed by atoms with Crippen LogP contribution in [0.5, 0.6) is 0 Å². The number of ketones is 4. The van der Waals surface area contributed by atoms with Crippen molar-refractivity contribution in [2.24, 2.45) is 118 Å². The van der Waals surface area contributed by atoms with Crippen molar-refractivity contribution < 1.29 is 19.2 Å². The molecule has 12 atom stereocenters. The van der Waals surface area contributed by atoms with E-state index in [-0.39, 0.29) is 0 Å². The first-order valence-electron chi connectivity index (χ1n) is 37.7. The van der Waals surface area contributed by atoms with Crippen LogP contribution in [0.1, 0.15) is 353 Å². The summed E-state index contributed by atoms with van der Waals surface area (Å²) in [4.78, 5) is 47.6. The second-order valence-corrected chi connectivity index (χ2v) is 31.1. The van der Waals surface area contributed by atoms with E-state index >= 15 is 0 Å². The zero-order valence-electron chi connectivity index (χ0n) is 56.9. The van der Waals surface area contributed by atoms with Crippen LogP contribution < -0.4 is 0 Å². The highest BCUT2D eigenvalue weighted by molar-refractivity contribution is 5.81. The van der Waals surface area contributed by atoms with Gasteiger partial charge in [-0.1, -0.05) is 160 Å². The van der Waals surface area contributed by atoms with Gasteiger partial charge in [0, 0.05) is 42.9 Å². The van der Waals surface area contributed by atoms with Crippen molar-refractivity contribution in [1.82, 2.24) is 0 Å². The predicted octanol–water partition coefficient (Wildman–Crippen LogP) is 23.3. The standard InChI is InChI=1S/C21H38O.C20H36O.C19H34O.C18H32O/c1-4-6-8-21(22)19-12-10-18(11-13-19)20-14-9-17(7-5-2)15-16(20)3;1-4-6-16-8-13-19(15(3)14-16)17-9-11-18(12-10-17)20(21)7-5-2;1-4-6-15-7-12-18(14(3)13-15)16-8-10-17(11-9-16)19(20)5-2;1-4-5-15-6-11-18(13(2)12-15)17-9-7-16(8-10-17)14(3)19/h16-20H,4-15H2,1-3H3;15-19H,4-14H2,1-3H3;14-18H,4-13H2,1-3H3;13,15-18H,4-12H2,1-3H3. The minimum absolute atomic E-state index is 0.392. The van der Waals surface area contributed by atoms with Gasteiger partial charge >= 0.3 is 0 Å². The third kappa shape index (κ3) is 23.0. The van der Waals surface area contributed by atoms with Gasteiger partial charge in [-0.25, -0.2) is 0 Å². The van der Waals surface area contributed by atoms with E-state index in [0.29, 0.717) is 46.8 Å². The number of rotatable bonds is 22. The minimum Gasteiger partial charge on any atom is -0.300 e. The smallest absolute Gasteiger partial charge is 0.135 e. The second-order valence-electron chi connectivity index (χ2n) is 31.1. The summed E-state index contributed by atoms with van der Waals surface area (Å²) in [6, 6.07) is 0. The molecule has 0 aromatic heterocycles. The quantitative estimate of drug-likeness (QED) is 0.108. The highest BCUT2D eigenvalue weighted by atomic mass is 16.1. The number of hydrogen-bond acceptors (Lipinski definition) is 4. The number of unbranched alkanes of at least 4 members (excludes halogenated alkanes) is 1. The average molecular weight is 1140 g/mol. The molecule has 0 radical (unpaired) electrons. The Kier molecular flexibility index (Phi) is 33.8. The number of hydrogen-bond donors (Lipinski definition) is 0. The zero-order valence-corrected chi connectivity index (χ0v) is 56.9. The van der Waals surface area contributed by atoms with E-state index in [4.69, 9.17) is 0 Å². The average Bonchev–Trinajstić information content (AvgIpc) is 3.60. The minimum atomic E-state index is 0.392. The molecule has 0 spiro atoms. The topological polar surface area (TPSA) is 68.3 Å². The summed E-state index contributed by atoms with van der Waals surface area (Å²) in [5, 5.41) is 0. The van der Waals surface area contributed by atoms with E-state index < -0.39 is 0 Å². The van der Waals surface area contributed by atoms with Gasteiger partial charge in [0.05, 0.1) is 0 Å². The van der Waals surface area contributed by atoms with E-state index in [1.807, 2.05) is 6.92 Å². The van der Waals surface area contributed by atoms with Crippen LogP contribution in [0.4, 0.5) is 0 Å². The highest BCUT2D eigenvalue weighted by Gasteiger charge is 2.40. The largest absolute Gasteiger partial charge is 0.300 e. The third-order valence-electron chi connectivity index (χ3n) is 25.2. The van der Waals surface area contributed by atoms with Crippen LogP contribution >= 0.6 is 0 Å². The number of Topliss-reactive ketones (excluding diaryl/α,β-unsaturated/α-hetero) is 4. The fraction of sp³-hybridized carbons (Fsp3) is 0.949. The van der Waals surface area contributed by atoms with Gasteiger partial charge in [0.25, 0.3) is 0 Å². The normalized spacial score (nSPS) is 38.0. The predicted molar refractivity (Wildman–Crippen MR) is 352 cm³/mol. The molecule has 0 N–H and O–H groups in total. The Morgan fingerprint density at radius 1 is 0.293 bits per heavy atom. The molecule has 82 heavy (non-hydrogen) atoms. The fourth-order valence-corrected chi connectivity index (χ4v) is 20.5. The molecular weight excluding hydrogens is 1000 g/mol. The molecular formula is C78H140O4. The molecule has 8 aliphatic rings. The summed E-state index contributed by atoms with van der Waals surface area (Å²) in [5.41, 5.74) is 0. The molecule has 0 saturated heterocycles. The lowest BCUT2D eigenvalue weighted by molar-refractivity contribution is -0.125. The summed E-state index contributed by atoms with van der Waals surface area (Å²) in [6.45, 7) is 27.4. The molecule has 0 aromatic rings. The molecule has 0 amide bonds.